The molecule has 3 rings (SSSR count). The van der Waals surface area contributed by atoms with Crippen LogP contribution in [-0.4, -0.2) is 39.3 Å². The van der Waals surface area contributed by atoms with E-state index in [4.69, 9.17) is 0 Å². The van der Waals surface area contributed by atoms with Crippen molar-refractivity contribution in [1.29, 1.82) is 0 Å². The number of halogens is 4. The minimum absolute atomic E-state index is 0.0649. The van der Waals surface area contributed by atoms with E-state index in [1.54, 1.807) is 31.2 Å². The summed E-state index contributed by atoms with van der Waals surface area (Å²) in [7, 11) is 0. The predicted octanol–water partition coefficient (Wildman–Crippen LogP) is 3.83. The number of benzene rings is 2. The minimum atomic E-state index is -3.19. The maximum Gasteiger partial charge on any atom is 0.387 e. The summed E-state index contributed by atoms with van der Waals surface area (Å²) in [5.41, 5.74) is 1.12. The number of nitrogens with one attached hydrogen (secondary N) is 1. The van der Waals surface area contributed by atoms with Gasteiger partial charge in [-0.05, 0) is 53.8 Å². The molecule has 0 aliphatic rings. The molecule has 0 radical (unpaired) electrons. The van der Waals surface area contributed by atoms with Gasteiger partial charge in [-0.2, -0.15) is 22.2 Å². The third kappa shape index (κ3) is 6.01. The second-order valence-corrected chi connectivity index (χ2v) is 5.97. The number of amides is 1. The molecule has 3 aromatic rings. The lowest BCUT2D eigenvalue weighted by atomic mass is 10.1. The molecule has 0 saturated carbocycles. The zero-order valence-corrected chi connectivity index (χ0v) is 15.9. The van der Waals surface area contributed by atoms with Crippen molar-refractivity contribution >= 4 is 17.7 Å². The Hall–Kier alpha value is -3.96. The van der Waals surface area contributed by atoms with Gasteiger partial charge in [-0.1, -0.05) is 6.07 Å². The van der Waals surface area contributed by atoms with E-state index in [0.29, 0.717) is 17.2 Å². The Morgan fingerprint density at radius 1 is 1.10 bits per heavy atom. The molecule has 1 aromatic heterocycles. The van der Waals surface area contributed by atoms with E-state index in [-0.39, 0.29) is 11.3 Å². The molecule has 8 nitrogen and oxygen atoms in total. The van der Waals surface area contributed by atoms with Crippen molar-refractivity contribution in [2.75, 3.05) is 5.32 Å². The number of hydrogen-bond acceptors (Lipinski definition) is 6. The van der Waals surface area contributed by atoms with Crippen LogP contribution in [0.2, 0.25) is 0 Å². The molecule has 0 unspecified atom stereocenters. The molecule has 0 fully saturated rings. The van der Waals surface area contributed by atoms with Gasteiger partial charge in [-0.25, -0.2) is 0 Å². The number of carbonyl (C=O) groups is 1. The molecule has 0 saturated heterocycles. The van der Waals surface area contributed by atoms with Gasteiger partial charge in [0.05, 0.1) is 5.69 Å². The van der Waals surface area contributed by atoms with Gasteiger partial charge in [-0.15, -0.1) is 5.10 Å². The van der Waals surface area contributed by atoms with Gasteiger partial charge >= 0.3 is 13.2 Å². The van der Waals surface area contributed by atoms with Crippen molar-refractivity contribution in [1.82, 2.24) is 20.2 Å². The highest BCUT2D eigenvalue weighted by Crippen LogP contribution is 2.28. The monoisotopic (exact) mass is 437 g/mol. The number of rotatable bonds is 8. The Morgan fingerprint density at radius 2 is 1.87 bits per heavy atom. The highest BCUT2D eigenvalue weighted by atomic mass is 19.3. The number of anilines is 1. The lowest BCUT2D eigenvalue weighted by Crippen LogP contribution is -2.09. The number of tetrazole rings is 1. The van der Waals surface area contributed by atoms with Gasteiger partial charge in [0.1, 0.15) is 11.5 Å². The maximum absolute atomic E-state index is 12.6. The topological polar surface area (TPSA) is 91.2 Å². The summed E-state index contributed by atoms with van der Waals surface area (Å²) in [6.07, 6.45) is 2.28. The Morgan fingerprint density at radius 3 is 2.55 bits per heavy atom. The third-order valence-corrected chi connectivity index (χ3v) is 3.82. The van der Waals surface area contributed by atoms with Crippen LogP contribution in [0.5, 0.6) is 11.5 Å². The van der Waals surface area contributed by atoms with Crippen molar-refractivity contribution < 1.29 is 31.8 Å². The van der Waals surface area contributed by atoms with Gasteiger partial charge in [0.15, 0.2) is 5.82 Å². The number of ether oxygens (including phenoxy) is 2. The van der Waals surface area contributed by atoms with Crippen LogP contribution in [0, 0.1) is 6.92 Å². The fourth-order valence-corrected chi connectivity index (χ4v) is 2.56. The van der Waals surface area contributed by atoms with Crippen LogP contribution in [0.1, 0.15) is 11.4 Å². The van der Waals surface area contributed by atoms with Crippen LogP contribution in [0.25, 0.3) is 11.8 Å². The second-order valence-electron chi connectivity index (χ2n) is 5.97. The summed E-state index contributed by atoms with van der Waals surface area (Å²) in [6, 6.07) is 9.93. The molecule has 0 aliphatic carbocycles. The molecule has 0 spiro atoms. The van der Waals surface area contributed by atoms with E-state index in [2.05, 4.69) is 30.3 Å². The van der Waals surface area contributed by atoms with Gasteiger partial charge < -0.3 is 14.8 Å². The van der Waals surface area contributed by atoms with Crippen molar-refractivity contribution in [3.63, 3.8) is 0 Å². The molecular formula is C19H15F4N5O3. The molecule has 0 bridgehead atoms. The Balaban J connectivity index is 1.74. The normalized spacial score (nSPS) is 11.3. The zero-order valence-electron chi connectivity index (χ0n) is 15.9. The summed E-state index contributed by atoms with van der Waals surface area (Å²) in [4.78, 5) is 12.2. The Kier molecular flexibility index (Phi) is 6.80. The number of nitrogens with zero attached hydrogens (tertiary/aromatic N) is 4. The van der Waals surface area contributed by atoms with Crippen molar-refractivity contribution in [3.05, 3.63) is 59.9 Å². The van der Waals surface area contributed by atoms with Gasteiger partial charge in [0.25, 0.3) is 0 Å². The first-order chi connectivity index (χ1) is 14.8. The smallest absolute Gasteiger partial charge is 0.387 e. The van der Waals surface area contributed by atoms with E-state index in [1.807, 2.05) is 0 Å². The lowest BCUT2D eigenvalue weighted by Gasteiger charge is -2.11. The molecule has 31 heavy (non-hydrogen) atoms. The fourth-order valence-electron chi connectivity index (χ4n) is 2.56. The highest BCUT2D eigenvalue weighted by molar-refractivity contribution is 6.02. The fraction of sp³-hybridized carbons (Fsp3) is 0.158. The van der Waals surface area contributed by atoms with E-state index in [0.717, 1.165) is 18.2 Å². The van der Waals surface area contributed by atoms with Crippen LogP contribution in [-0.2, 0) is 4.79 Å². The molecule has 1 N–H and O–H groups in total. The summed E-state index contributed by atoms with van der Waals surface area (Å²) < 4.78 is 59.9. The van der Waals surface area contributed by atoms with Gasteiger partial charge in [0.2, 0.25) is 5.91 Å². The molecule has 0 aliphatic heterocycles. The van der Waals surface area contributed by atoms with Crippen LogP contribution in [0.15, 0.2) is 48.5 Å². The first kappa shape index (κ1) is 21.7. The summed E-state index contributed by atoms with van der Waals surface area (Å²) in [5, 5.41) is 13.8. The number of carbonyl (C=O) groups excluding carboxylic acids is 1. The van der Waals surface area contributed by atoms with Crippen LogP contribution in [0.4, 0.5) is 23.2 Å². The van der Waals surface area contributed by atoms with Crippen molar-refractivity contribution in [2.24, 2.45) is 0 Å². The number of hydrogen-bond donors (Lipinski definition) is 1. The van der Waals surface area contributed by atoms with E-state index in [1.165, 1.54) is 16.8 Å². The average Bonchev–Trinajstić information content (AvgIpc) is 3.12. The summed E-state index contributed by atoms with van der Waals surface area (Å²) in [6.45, 7) is -4.61. The molecular weight excluding hydrogens is 422 g/mol. The number of aryl methyl sites for hydroxylation is 1. The van der Waals surface area contributed by atoms with Crippen molar-refractivity contribution in [3.8, 4) is 17.2 Å². The lowest BCUT2D eigenvalue weighted by molar-refractivity contribution is -0.111. The highest BCUT2D eigenvalue weighted by Gasteiger charge is 2.13. The van der Waals surface area contributed by atoms with Gasteiger partial charge in [-0.3, -0.25) is 4.79 Å². The van der Waals surface area contributed by atoms with E-state index < -0.39 is 24.9 Å². The minimum Gasteiger partial charge on any atom is -0.435 e. The molecule has 1 heterocycles. The summed E-state index contributed by atoms with van der Waals surface area (Å²) >= 11 is 0. The standard InChI is InChI=1S/C19H15F4N5O3/c1-11-25-26-27-28(11)14-4-2-3-13(9-14)24-17(29)8-6-12-5-7-15(30-18(20)21)10-16(12)31-19(22)23/h2-10,18-19H,1H3,(H,24,29)/b8-6+. The quantitative estimate of drug-likeness (QED) is 0.426. The molecule has 2 aromatic carbocycles. The van der Waals surface area contributed by atoms with Crippen LogP contribution < -0.4 is 14.8 Å². The van der Waals surface area contributed by atoms with E-state index >= 15 is 0 Å². The third-order valence-electron chi connectivity index (χ3n) is 3.82. The van der Waals surface area contributed by atoms with Gasteiger partial charge in [0, 0.05) is 23.4 Å². The Bertz CT molecular complexity index is 1090. The van der Waals surface area contributed by atoms with E-state index in [9.17, 15) is 22.4 Å². The first-order valence-electron chi connectivity index (χ1n) is 8.70. The maximum atomic E-state index is 12.6. The molecule has 1 amide bonds. The predicted molar refractivity (Wildman–Crippen MR) is 101 cm³/mol. The number of aromatic nitrogens is 4. The Labute approximate surface area is 173 Å². The molecule has 12 heteroatoms. The first-order valence-corrected chi connectivity index (χ1v) is 8.70. The number of alkyl halides is 4. The largest absolute Gasteiger partial charge is 0.435 e. The zero-order chi connectivity index (χ0) is 22.4. The average molecular weight is 437 g/mol. The SMILES string of the molecule is Cc1nnnn1-c1cccc(NC(=O)/C=C/c2ccc(OC(F)F)cc2OC(F)F)c1. The van der Waals surface area contributed by atoms with Crippen molar-refractivity contribution in [2.45, 2.75) is 20.1 Å². The van der Waals surface area contributed by atoms with Crippen LogP contribution >= 0.6 is 0 Å². The van der Waals surface area contributed by atoms with Crippen LogP contribution in [0.3, 0.4) is 0 Å². The molecule has 0 atom stereocenters. The second kappa shape index (κ2) is 9.69. The molecule has 162 valence electrons. The summed E-state index contributed by atoms with van der Waals surface area (Å²) in [5.74, 6) is -0.800.